The topological polar surface area (TPSA) is 37.4 Å². The fourth-order valence-electron chi connectivity index (χ4n) is 2.47. The fourth-order valence-corrected chi connectivity index (χ4v) is 2.47. The molecule has 0 N–H and O–H groups in total. The lowest BCUT2D eigenvalue weighted by atomic mass is 9.95. The van der Waals surface area contributed by atoms with Crippen molar-refractivity contribution >= 4 is 11.7 Å². The van der Waals surface area contributed by atoms with Crippen LogP contribution in [0.2, 0.25) is 0 Å². The number of amides is 1. The van der Waals surface area contributed by atoms with Gasteiger partial charge in [-0.2, -0.15) is 26.3 Å². The van der Waals surface area contributed by atoms with Gasteiger partial charge in [-0.15, -0.1) is 0 Å². The first-order valence-corrected chi connectivity index (χ1v) is 6.38. The van der Waals surface area contributed by atoms with E-state index in [2.05, 4.69) is 0 Å². The maximum atomic E-state index is 12.6. The second-order valence-corrected chi connectivity index (χ2v) is 5.10. The number of hydrogen-bond acceptors (Lipinski definition) is 2. The smallest absolute Gasteiger partial charge is 0.338 e. The summed E-state index contributed by atoms with van der Waals surface area (Å²) in [6.07, 6.45) is -10.5. The predicted molar refractivity (Wildman–Crippen MR) is 60.3 cm³/mol. The fraction of sp³-hybridized carbons (Fsp3) is 0.833. The van der Waals surface area contributed by atoms with Gasteiger partial charge in [0, 0.05) is 19.0 Å². The number of alkyl halides is 6. The lowest BCUT2D eigenvalue weighted by molar-refractivity contribution is -0.278. The maximum Gasteiger partial charge on any atom is 0.409 e. The highest BCUT2D eigenvalue weighted by atomic mass is 19.4. The molecule has 122 valence electrons. The van der Waals surface area contributed by atoms with Gasteiger partial charge in [-0.05, 0) is 26.2 Å². The normalized spacial score (nSPS) is 20.8. The first kappa shape index (κ1) is 17.8. The molecule has 1 rings (SSSR count). The molecule has 1 unspecified atom stereocenters. The van der Waals surface area contributed by atoms with Crippen LogP contribution in [0.15, 0.2) is 0 Å². The summed E-state index contributed by atoms with van der Waals surface area (Å²) in [5, 5.41) is 0. The molecule has 3 nitrogen and oxygen atoms in total. The highest BCUT2D eigenvalue weighted by Crippen LogP contribution is 2.41. The van der Waals surface area contributed by atoms with Crippen LogP contribution in [0.3, 0.4) is 0 Å². The van der Waals surface area contributed by atoms with Crippen LogP contribution in [0.5, 0.6) is 0 Å². The zero-order valence-corrected chi connectivity index (χ0v) is 11.2. The van der Waals surface area contributed by atoms with Gasteiger partial charge in [0.15, 0.2) is 0 Å². The van der Waals surface area contributed by atoms with Crippen molar-refractivity contribution < 1.29 is 35.9 Å². The van der Waals surface area contributed by atoms with E-state index in [9.17, 15) is 35.9 Å². The molecule has 1 heterocycles. The molecule has 1 aliphatic heterocycles. The minimum Gasteiger partial charge on any atom is -0.338 e. The molecule has 0 aromatic heterocycles. The number of Topliss-reactive ketones (excluding diaryl/α,β-unsaturated/α-hetero) is 1. The largest absolute Gasteiger partial charge is 0.409 e. The summed E-state index contributed by atoms with van der Waals surface area (Å²) in [5.74, 6) is -6.42. The number of piperidine rings is 1. The van der Waals surface area contributed by atoms with Crippen LogP contribution in [0.1, 0.15) is 32.6 Å². The van der Waals surface area contributed by atoms with E-state index in [0.29, 0.717) is 17.7 Å². The van der Waals surface area contributed by atoms with Crippen molar-refractivity contribution in [3.8, 4) is 0 Å². The van der Waals surface area contributed by atoms with Crippen molar-refractivity contribution in [2.45, 2.75) is 51.0 Å². The molecule has 21 heavy (non-hydrogen) atoms. The van der Waals surface area contributed by atoms with E-state index in [1.165, 1.54) is 6.92 Å². The van der Waals surface area contributed by atoms with Crippen molar-refractivity contribution in [2.75, 3.05) is 6.54 Å². The first-order chi connectivity index (χ1) is 9.44. The highest BCUT2D eigenvalue weighted by Gasteiger charge is 2.62. The molecule has 1 fully saturated rings. The minimum absolute atomic E-state index is 0.195. The van der Waals surface area contributed by atoms with Gasteiger partial charge in [0.25, 0.3) is 0 Å². The standard InChI is InChI=1S/C12H15F6NO2/c1-7(20)6-8-4-2-3-5-19(8)10(21)9(11(13,14)15)12(16,17)18/h8-9H,2-6H2,1H3. The zero-order valence-electron chi connectivity index (χ0n) is 11.2. The molecule has 0 spiro atoms. The Morgan fingerprint density at radius 1 is 1.10 bits per heavy atom. The molecule has 0 radical (unpaired) electrons. The van der Waals surface area contributed by atoms with Gasteiger partial charge < -0.3 is 4.90 Å². The number of nitrogens with zero attached hydrogens (tertiary/aromatic N) is 1. The summed E-state index contributed by atoms with van der Waals surface area (Å²) in [7, 11) is 0. The number of ketones is 1. The van der Waals surface area contributed by atoms with Crippen molar-refractivity contribution in [1.29, 1.82) is 0 Å². The van der Waals surface area contributed by atoms with Crippen LogP contribution in [0, 0.1) is 5.92 Å². The molecule has 1 aliphatic rings. The number of halogens is 6. The maximum absolute atomic E-state index is 12.6. The van der Waals surface area contributed by atoms with E-state index in [-0.39, 0.29) is 25.2 Å². The van der Waals surface area contributed by atoms with Gasteiger partial charge in [-0.25, -0.2) is 0 Å². The average Bonchev–Trinajstić information content (AvgIpc) is 2.24. The summed E-state index contributed by atoms with van der Waals surface area (Å²) < 4.78 is 75.5. The molecule has 0 aliphatic carbocycles. The molecule has 9 heteroatoms. The van der Waals surface area contributed by atoms with E-state index in [1.54, 1.807) is 0 Å². The SMILES string of the molecule is CC(=O)CC1CCCCN1C(=O)C(C(F)(F)F)C(F)(F)F. The average molecular weight is 319 g/mol. The Labute approximate surface area is 117 Å². The van der Waals surface area contributed by atoms with Crippen LogP contribution in [0.25, 0.3) is 0 Å². The Hall–Kier alpha value is -1.28. The van der Waals surface area contributed by atoms with E-state index in [4.69, 9.17) is 0 Å². The van der Waals surface area contributed by atoms with E-state index >= 15 is 0 Å². The highest BCUT2D eigenvalue weighted by molar-refractivity contribution is 5.82. The van der Waals surface area contributed by atoms with Gasteiger partial charge in [0.05, 0.1) is 0 Å². The number of rotatable bonds is 3. The summed E-state index contributed by atoms with van der Waals surface area (Å²) >= 11 is 0. The van der Waals surface area contributed by atoms with Crippen LogP contribution in [-0.4, -0.2) is 41.5 Å². The quantitative estimate of drug-likeness (QED) is 0.750. The lowest BCUT2D eigenvalue weighted by Crippen LogP contribution is -2.54. The van der Waals surface area contributed by atoms with Crippen LogP contribution in [0.4, 0.5) is 26.3 Å². The number of carbonyl (C=O) groups excluding carboxylic acids is 2. The molecular formula is C12H15F6NO2. The van der Waals surface area contributed by atoms with Gasteiger partial charge in [0.1, 0.15) is 5.78 Å². The predicted octanol–water partition coefficient (Wildman–Crippen LogP) is 3.09. The molecule has 1 saturated heterocycles. The Morgan fingerprint density at radius 2 is 1.62 bits per heavy atom. The van der Waals surface area contributed by atoms with Crippen molar-refractivity contribution in [1.82, 2.24) is 4.90 Å². The molecule has 0 aromatic rings. The van der Waals surface area contributed by atoms with Gasteiger partial charge in [0.2, 0.25) is 11.8 Å². The summed E-state index contributed by atoms with van der Waals surface area (Å²) in [6, 6.07) is -0.893. The molecular weight excluding hydrogens is 304 g/mol. The molecule has 0 aromatic carbocycles. The van der Waals surface area contributed by atoms with Crippen LogP contribution >= 0.6 is 0 Å². The third-order valence-electron chi connectivity index (χ3n) is 3.33. The summed E-state index contributed by atoms with van der Waals surface area (Å²) in [5.41, 5.74) is 0. The lowest BCUT2D eigenvalue weighted by Gasteiger charge is -2.38. The summed E-state index contributed by atoms with van der Waals surface area (Å²) in [6.45, 7) is 0.988. The second-order valence-electron chi connectivity index (χ2n) is 5.10. The number of hydrogen-bond donors (Lipinski definition) is 0. The van der Waals surface area contributed by atoms with Crippen molar-refractivity contribution in [3.63, 3.8) is 0 Å². The Kier molecular flexibility index (Phi) is 5.27. The summed E-state index contributed by atoms with van der Waals surface area (Å²) in [4.78, 5) is 23.4. The van der Waals surface area contributed by atoms with Gasteiger partial charge >= 0.3 is 12.4 Å². The van der Waals surface area contributed by atoms with Gasteiger partial charge in [-0.3, -0.25) is 9.59 Å². The third-order valence-corrected chi connectivity index (χ3v) is 3.33. The van der Waals surface area contributed by atoms with E-state index in [0.717, 1.165) is 0 Å². The monoisotopic (exact) mass is 319 g/mol. The molecule has 0 saturated carbocycles. The zero-order chi connectivity index (χ0) is 16.4. The van der Waals surface area contributed by atoms with Crippen molar-refractivity contribution in [2.24, 2.45) is 5.92 Å². The Morgan fingerprint density at radius 3 is 2.05 bits per heavy atom. The van der Waals surface area contributed by atoms with E-state index in [1.807, 2.05) is 0 Å². The molecule has 1 atom stereocenters. The Bertz CT molecular complexity index is 390. The number of carbonyl (C=O) groups is 2. The van der Waals surface area contributed by atoms with Gasteiger partial charge in [-0.1, -0.05) is 0 Å². The first-order valence-electron chi connectivity index (χ1n) is 6.38. The minimum atomic E-state index is -5.70. The van der Waals surface area contributed by atoms with E-state index < -0.39 is 30.2 Å². The molecule has 0 bridgehead atoms. The Balaban J connectivity index is 3.03. The van der Waals surface area contributed by atoms with Crippen LogP contribution < -0.4 is 0 Å². The second kappa shape index (κ2) is 6.23. The number of likely N-dealkylation sites (tertiary alicyclic amines) is 1. The third kappa shape index (κ3) is 4.60. The van der Waals surface area contributed by atoms with Crippen molar-refractivity contribution in [3.05, 3.63) is 0 Å². The van der Waals surface area contributed by atoms with Crippen LogP contribution in [-0.2, 0) is 9.59 Å². The molecule has 1 amide bonds.